The first-order valence-electron chi connectivity index (χ1n) is 12.3. The van der Waals surface area contributed by atoms with Crippen molar-refractivity contribution in [2.45, 2.75) is 39.4 Å². The zero-order valence-electron chi connectivity index (χ0n) is 20.6. The van der Waals surface area contributed by atoms with Gasteiger partial charge in [-0.1, -0.05) is 0 Å². The predicted octanol–water partition coefficient (Wildman–Crippen LogP) is 4.09. The highest BCUT2D eigenvalue weighted by Crippen LogP contribution is 2.30. The summed E-state index contributed by atoms with van der Waals surface area (Å²) in [4.78, 5) is 23.1. The van der Waals surface area contributed by atoms with Gasteiger partial charge in [0.25, 0.3) is 0 Å². The fourth-order valence-corrected chi connectivity index (χ4v) is 5.00. The molecule has 0 unspecified atom stereocenters. The van der Waals surface area contributed by atoms with E-state index >= 15 is 4.39 Å². The largest absolute Gasteiger partial charge is 0.396 e. The van der Waals surface area contributed by atoms with E-state index in [2.05, 4.69) is 20.4 Å². The lowest BCUT2D eigenvalue weighted by atomic mass is 10.1. The van der Waals surface area contributed by atoms with E-state index in [1.807, 2.05) is 53.8 Å². The molecule has 5 aromatic rings. The van der Waals surface area contributed by atoms with E-state index in [0.29, 0.717) is 35.7 Å². The van der Waals surface area contributed by atoms with Crippen molar-refractivity contribution in [2.75, 3.05) is 17.6 Å². The number of nitrogens with two attached hydrogens (primary N) is 1. The number of rotatable bonds is 5. The predicted molar refractivity (Wildman–Crippen MR) is 141 cm³/mol. The molecule has 3 N–H and O–H groups in total. The van der Waals surface area contributed by atoms with Crippen LogP contribution < -0.4 is 11.1 Å². The van der Waals surface area contributed by atoms with Crippen LogP contribution in [0.25, 0.3) is 21.7 Å². The van der Waals surface area contributed by atoms with Gasteiger partial charge in [0, 0.05) is 65.7 Å². The van der Waals surface area contributed by atoms with E-state index in [9.17, 15) is 4.79 Å². The number of carbonyl (C=O) groups excluding carboxylic acids is 1. The van der Waals surface area contributed by atoms with Crippen LogP contribution in [0, 0.1) is 5.82 Å². The summed E-state index contributed by atoms with van der Waals surface area (Å²) in [6.45, 7) is 5.24. The second kappa shape index (κ2) is 8.88. The normalized spacial score (nSPS) is 13.9. The zero-order valence-corrected chi connectivity index (χ0v) is 20.6. The van der Waals surface area contributed by atoms with Crippen LogP contribution in [0.15, 0.2) is 55.1 Å². The Bertz CT molecular complexity index is 1650. The summed E-state index contributed by atoms with van der Waals surface area (Å²) in [6.07, 6.45) is 7.72. The fourth-order valence-electron chi connectivity index (χ4n) is 5.00. The van der Waals surface area contributed by atoms with Gasteiger partial charge in [-0.15, -0.1) is 0 Å². The molecule has 0 saturated heterocycles. The second-order valence-electron chi connectivity index (χ2n) is 9.67. The van der Waals surface area contributed by atoms with Gasteiger partial charge in [0.1, 0.15) is 12.4 Å². The number of carbonyl (C=O) groups is 1. The van der Waals surface area contributed by atoms with Crippen LogP contribution in [-0.2, 0) is 24.3 Å². The SMILES string of the molecule is CC(C)N1CCc2cc(Nc3cc4cc(Cn5ccc6ccncc65)c(F)c(N)c4cn3)nn2CC1=O. The van der Waals surface area contributed by atoms with E-state index in [4.69, 9.17) is 5.73 Å². The molecular weight excluding hydrogens is 471 g/mol. The number of anilines is 3. The van der Waals surface area contributed by atoms with E-state index in [1.165, 1.54) is 0 Å². The van der Waals surface area contributed by atoms with Crippen molar-refractivity contribution < 1.29 is 9.18 Å². The van der Waals surface area contributed by atoms with E-state index < -0.39 is 5.82 Å². The van der Waals surface area contributed by atoms with Gasteiger partial charge >= 0.3 is 0 Å². The maximum atomic E-state index is 15.2. The van der Waals surface area contributed by atoms with Gasteiger partial charge in [0.2, 0.25) is 5.91 Å². The highest BCUT2D eigenvalue weighted by molar-refractivity contribution is 5.95. The lowest BCUT2D eigenvalue weighted by molar-refractivity contribution is -0.133. The lowest BCUT2D eigenvalue weighted by Gasteiger charge is -2.24. The van der Waals surface area contributed by atoms with Gasteiger partial charge in [0.15, 0.2) is 11.6 Å². The standard InChI is InChI=1S/C27H27FN8O/c1-16(2)35-8-5-20-11-24(33-36(20)15-25(35)37)32-23-10-18-9-19(26(28)27(29)21(18)12-31-23)14-34-7-4-17-3-6-30-13-22(17)34/h3-4,6-7,9-13,16H,5,8,14-15,29H2,1-2H3,(H,31,32,33). The molecule has 0 bridgehead atoms. The van der Waals surface area contributed by atoms with Crippen molar-refractivity contribution in [1.29, 1.82) is 0 Å². The van der Waals surface area contributed by atoms with Crippen LogP contribution in [0.1, 0.15) is 25.1 Å². The van der Waals surface area contributed by atoms with Crippen LogP contribution in [0.5, 0.6) is 0 Å². The van der Waals surface area contributed by atoms with Gasteiger partial charge < -0.3 is 20.5 Å². The van der Waals surface area contributed by atoms with Crippen molar-refractivity contribution in [2.24, 2.45) is 0 Å². The van der Waals surface area contributed by atoms with Crippen LogP contribution in [0.3, 0.4) is 0 Å². The highest BCUT2D eigenvalue weighted by Gasteiger charge is 2.24. The monoisotopic (exact) mass is 498 g/mol. The van der Waals surface area contributed by atoms with Crippen LogP contribution >= 0.6 is 0 Å². The van der Waals surface area contributed by atoms with Gasteiger partial charge in [0.05, 0.1) is 23.9 Å². The van der Waals surface area contributed by atoms with Crippen molar-refractivity contribution in [3.63, 3.8) is 0 Å². The number of nitrogens with zero attached hydrogens (tertiary/aromatic N) is 6. The molecule has 0 saturated carbocycles. The fraction of sp³-hybridized carbons (Fsp3) is 0.259. The highest BCUT2D eigenvalue weighted by atomic mass is 19.1. The van der Waals surface area contributed by atoms with Gasteiger partial charge in [-0.2, -0.15) is 5.10 Å². The number of fused-ring (bicyclic) bond motifs is 3. The average molecular weight is 499 g/mol. The van der Waals surface area contributed by atoms with Crippen LogP contribution in [0.2, 0.25) is 0 Å². The van der Waals surface area contributed by atoms with Crippen LogP contribution in [-0.4, -0.2) is 47.7 Å². The number of nitrogens with one attached hydrogen (secondary N) is 1. The molecule has 0 spiro atoms. The third kappa shape index (κ3) is 4.14. The Morgan fingerprint density at radius 3 is 2.84 bits per heavy atom. The number of hydrogen-bond donors (Lipinski definition) is 2. The number of aromatic nitrogens is 5. The topological polar surface area (TPSA) is 107 Å². The minimum atomic E-state index is -0.446. The van der Waals surface area contributed by atoms with E-state index in [1.54, 1.807) is 29.3 Å². The Hall–Kier alpha value is -4.47. The van der Waals surface area contributed by atoms with E-state index in [0.717, 1.165) is 28.4 Å². The van der Waals surface area contributed by atoms with E-state index in [-0.39, 0.29) is 24.2 Å². The molecule has 0 aliphatic carbocycles. The molecule has 1 aliphatic heterocycles. The second-order valence-corrected chi connectivity index (χ2v) is 9.67. The molecule has 6 rings (SSSR count). The molecule has 5 heterocycles. The number of nitrogen functional groups attached to an aromatic ring is 1. The summed E-state index contributed by atoms with van der Waals surface area (Å²) in [7, 11) is 0. The first-order valence-corrected chi connectivity index (χ1v) is 12.3. The molecule has 188 valence electrons. The maximum absolute atomic E-state index is 15.2. The number of amides is 1. The third-order valence-corrected chi connectivity index (χ3v) is 6.95. The molecule has 1 aliphatic rings. The van der Waals surface area contributed by atoms with Crippen molar-refractivity contribution >= 4 is 44.9 Å². The molecule has 4 aromatic heterocycles. The first kappa shape index (κ1) is 23.0. The molecule has 37 heavy (non-hydrogen) atoms. The van der Waals surface area contributed by atoms with Gasteiger partial charge in [-0.05, 0) is 43.5 Å². The number of halogens is 1. The maximum Gasteiger partial charge on any atom is 0.244 e. The zero-order chi connectivity index (χ0) is 25.7. The Labute approximate surface area is 212 Å². The van der Waals surface area contributed by atoms with Crippen molar-refractivity contribution in [3.8, 4) is 0 Å². The minimum Gasteiger partial charge on any atom is -0.396 e. The molecule has 0 atom stereocenters. The van der Waals surface area contributed by atoms with Crippen molar-refractivity contribution in [3.05, 3.63) is 72.2 Å². The summed E-state index contributed by atoms with van der Waals surface area (Å²) in [6, 6.07) is 9.64. The van der Waals surface area contributed by atoms with Crippen LogP contribution in [0.4, 0.5) is 21.7 Å². The molecule has 0 radical (unpaired) electrons. The lowest BCUT2D eigenvalue weighted by Crippen LogP contribution is -2.38. The number of benzene rings is 1. The number of hydrogen-bond acceptors (Lipinski definition) is 6. The number of pyridine rings is 2. The molecule has 9 nitrogen and oxygen atoms in total. The van der Waals surface area contributed by atoms with Crippen molar-refractivity contribution in [1.82, 2.24) is 29.2 Å². The summed E-state index contributed by atoms with van der Waals surface area (Å²) in [5.74, 6) is 0.778. The summed E-state index contributed by atoms with van der Waals surface area (Å²) < 4.78 is 18.9. The smallest absolute Gasteiger partial charge is 0.244 e. The summed E-state index contributed by atoms with van der Waals surface area (Å²) in [5, 5.41) is 10.2. The quantitative estimate of drug-likeness (QED) is 0.354. The van der Waals surface area contributed by atoms with Gasteiger partial charge in [-0.3, -0.25) is 14.5 Å². The summed E-state index contributed by atoms with van der Waals surface area (Å²) >= 11 is 0. The first-order chi connectivity index (χ1) is 17.9. The molecule has 0 fully saturated rings. The third-order valence-electron chi connectivity index (χ3n) is 6.95. The Morgan fingerprint density at radius 1 is 1.14 bits per heavy atom. The van der Waals surface area contributed by atoms with Gasteiger partial charge in [-0.25, -0.2) is 9.37 Å². The molecular formula is C27H27FN8O. The summed E-state index contributed by atoms with van der Waals surface area (Å²) in [5.41, 5.74) is 8.64. The molecule has 1 amide bonds. The average Bonchev–Trinajstić information content (AvgIpc) is 3.41. The molecule has 10 heteroatoms. The Balaban J connectivity index is 1.28. The Kier molecular flexibility index (Phi) is 5.51. The Morgan fingerprint density at radius 2 is 2.00 bits per heavy atom. The minimum absolute atomic E-state index is 0.0588. The molecule has 1 aromatic carbocycles.